The van der Waals surface area contributed by atoms with Crippen molar-refractivity contribution in [2.75, 3.05) is 7.11 Å². The first kappa shape index (κ1) is 17.1. The molecule has 5 heteroatoms. The molecule has 0 aliphatic rings. The summed E-state index contributed by atoms with van der Waals surface area (Å²) in [6, 6.07) is 0. The zero-order valence-corrected chi connectivity index (χ0v) is 12.9. The van der Waals surface area contributed by atoms with Crippen molar-refractivity contribution in [1.82, 2.24) is 0 Å². The lowest BCUT2D eigenvalue weighted by Gasteiger charge is -2.29. The van der Waals surface area contributed by atoms with Crippen LogP contribution in [0.3, 0.4) is 0 Å². The predicted octanol–water partition coefficient (Wildman–Crippen LogP) is 4.35. The summed E-state index contributed by atoms with van der Waals surface area (Å²) < 4.78 is 30.7. The molecule has 0 aliphatic heterocycles. The number of carbonyl (C=O) groups is 1. The summed E-state index contributed by atoms with van der Waals surface area (Å²) in [5, 5.41) is 0. The first-order chi connectivity index (χ1) is 7.81. The summed E-state index contributed by atoms with van der Waals surface area (Å²) >= 11 is 2.07. The van der Waals surface area contributed by atoms with Gasteiger partial charge in [-0.3, -0.25) is 0 Å². The Hall–Kier alpha value is 0.0600. The first-order valence-corrected chi connectivity index (χ1v) is 7.04. The Morgan fingerprint density at radius 1 is 1.29 bits per heavy atom. The van der Waals surface area contributed by atoms with Crippen LogP contribution < -0.4 is 0 Å². The molecule has 0 bridgehead atoms. The standard InChI is InChI=1S/C12H21F2IO2/c1-4-6-7-8-11(15,5-2)9-12(13,14)10(16)17-3/h4-9H2,1-3H3. The number of carbonyl (C=O) groups excluding carboxylic acids is 1. The van der Waals surface area contributed by atoms with E-state index in [1.165, 1.54) is 0 Å². The van der Waals surface area contributed by atoms with Gasteiger partial charge in [0.2, 0.25) is 0 Å². The van der Waals surface area contributed by atoms with Crippen molar-refractivity contribution in [1.29, 1.82) is 0 Å². The molecule has 0 spiro atoms. The Morgan fingerprint density at radius 2 is 1.88 bits per heavy atom. The third-order valence-electron chi connectivity index (χ3n) is 2.88. The van der Waals surface area contributed by atoms with Gasteiger partial charge in [0.15, 0.2) is 0 Å². The maximum absolute atomic E-state index is 13.5. The van der Waals surface area contributed by atoms with Crippen molar-refractivity contribution in [3.63, 3.8) is 0 Å². The van der Waals surface area contributed by atoms with Gasteiger partial charge < -0.3 is 4.74 Å². The van der Waals surface area contributed by atoms with E-state index in [9.17, 15) is 13.6 Å². The van der Waals surface area contributed by atoms with E-state index in [1.807, 2.05) is 6.92 Å². The minimum absolute atomic E-state index is 0.437. The molecule has 0 aromatic rings. The van der Waals surface area contributed by atoms with E-state index in [0.717, 1.165) is 26.4 Å². The lowest BCUT2D eigenvalue weighted by atomic mass is 9.92. The van der Waals surface area contributed by atoms with Crippen LogP contribution in [0.1, 0.15) is 52.4 Å². The van der Waals surface area contributed by atoms with Crippen LogP contribution in [0, 0.1) is 0 Å². The molecule has 0 aliphatic carbocycles. The van der Waals surface area contributed by atoms with Crippen LogP contribution in [-0.4, -0.2) is 22.4 Å². The second kappa shape index (κ2) is 7.48. The van der Waals surface area contributed by atoms with E-state index in [1.54, 1.807) is 0 Å². The minimum Gasteiger partial charge on any atom is -0.465 e. The predicted molar refractivity (Wildman–Crippen MR) is 72.8 cm³/mol. The Bertz CT molecular complexity index is 247. The molecular weight excluding hydrogens is 341 g/mol. The third kappa shape index (κ3) is 5.97. The lowest BCUT2D eigenvalue weighted by molar-refractivity contribution is -0.170. The van der Waals surface area contributed by atoms with Crippen molar-refractivity contribution in [3.8, 4) is 0 Å². The molecule has 0 aromatic heterocycles. The van der Waals surface area contributed by atoms with E-state index in [4.69, 9.17) is 0 Å². The van der Waals surface area contributed by atoms with Crippen molar-refractivity contribution in [2.45, 2.75) is 61.7 Å². The van der Waals surface area contributed by atoms with Crippen LogP contribution in [0.25, 0.3) is 0 Å². The number of unbranched alkanes of at least 4 members (excludes halogenated alkanes) is 2. The Labute approximate surface area is 116 Å². The van der Waals surface area contributed by atoms with Gasteiger partial charge in [-0.2, -0.15) is 8.78 Å². The number of alkyl halides is 3. The highest BCUT2D eigenvalue weighted by Gasteiger charge is 2.46. The number of ether oxygens (including phenoxy) is 1. The fourth-order valence-corrected chi connectivity index (χ4v) is 2.56. The zero-order valence-electron chi connectivity index (χ0n) is 10.7. The maximum atomic E-state index is 13.5. The average molecular weight is 362 g/mol. The average Bonchev–Trinajstić information content (AvgIpc) is 2.27. The normalized spacial score (nSPS) is 15.4. The molecule has 102 valence electrons. The van der Waals surface area contributed by atoms with Crippen LogP contribution in [0.4, 0.5) is 8.78 Å². The van der Waals surface area contributed by atoms with Gasteiger partial charge in [0.1, 0.15) is 0 Å². The molecular formula is C12H21F2IO2. The molecule has 0 rings (SSSR count). The second-order valence-electron chi connectivity index (χ2n) is 4.33. The molecule has 1 unspecified atom stereocenters. The molecule has 17 heavy (non-hydrogen) atoms. The number of hydrogen-bond donors (Lipinski definition) is 0. The molecule has 0 aromatic carbocycles. The number of hydrogen-bond acceptors (Lipinski definition) is 2. The topological polar surface area (TPSA) is 26.3 Å². The van der Waals surface area contributed by atoms with Crippen molar-refractivity contribution < 1.29 is 18.3 Å². The Kier molecular flexibility index (Phi) is 7.51. The SMILES string of the molecule is CCCCCC(I)(CC)CC(F)(F)C(=O)OC. The molecule has 0 heterocycles. The van der Waals surface area contributed by atoms with Crippen LogP contribution in [0.2, 0.25) is 0 Å². The first-order valence-electron chi connectivity index (χ1n) is 5.96. The fraction of sp³-hybridized carbons (Fsp3) is 0.917. The number of methoxy groups -OCH3 is 1. The largest absolute Gasteiger partial charge is 0.465 e. The van der Waals surface area contributed by atoms with Crippen LogP contribution in [-0.2, 0) is 9.53 Å². The summed E-state index contributed by atoms with van der Waals surface area (Å²) in [6.07, 6.45) is 3.92. The highest BCUT2D eigenvalue weighted by atomic mass is 127. The van der Waals surface area contributed by atoms with E-state index in [2.05, 4.69) is 34.3 Å². The maximum Gasteiger partial charge on any atom is 0.376 e. The number of halogens is 3. The molecule has 0 fully saturated rings. The van der Waals surface area contributed by atoms with Crippen LogP contribution >= 0.6 is 22.6 Å². The van der Waals surface area contributed by atoms with Gasteiger partial charge in [-0.05, 0) is 12.8 Å². The number of esters is 1. The lowest BCUT2D eigenvalue weighted by Crippen LogP contribution is -2.38. The smallest absolute Gasteiger partial charge is 0.376 e. The van der Waals surface area contributed by atoms with Gasteiger partial charge in [-0.15, -0.1) is 0 Å². The summed E-state index contributed by atoms with van der Waals surface area (Å²) in [5.41, 5.74) is 0. The van der Waals surface area contributed by atoms with Crippen LogP contribution in [0.15, 0.2) is 0 Å². The molecule has 1 atom stereocenters. The van der Waals surface area contributed by atoms with Gasteiger partial charge >= 0.3 is 11.9 Å². The molecule has 0 radical (unpaired) electrons. The van der Waals surface area contributed by atoms with E-state index in [-0.39, 0.29) is 0 Å². The highest BCUT2D eigenvalue weighted by molar-refractivity contribution is 14.1. The number of rotatable bonds is 8. The van der Waals surface area contributed by atoms with E-state index >= 15 is 0 Å². The Morgan fingerprint density at radius 3 is 2.29 bits per heavy atom. The monoisotopic (exact) mass is 362 g/mol. The van der Waals surface area contributed by atoms with Gasteiger partial charge in [0.25, 0.3) is 0 Å². The fourth-order valence-electron chi connectivity index (χ4n) is 1.70. The molecule has 0 N–H and O–H groups in total. The third-order valence-corrected chi connectivity index (χ3v) is 4.57. The molecule has 0 saturated heterocycles. The summed E-state index contributed by atoms with van der Waals surface area (Å²) in [7, 11) is 0.994. The van der Waals surface area contributed by atoms with E-state index < -0.39 is 21.7 Å². The molecule has 2 nitrogen and oxygen atoms in total. The van der Waals surface area contributed by atoms with Gasteiger partial charge in [0, 0.05) is 9.84 Å². The Balaban J connectivity index is 4.49. The molecule has 0 amide bonds. The van der Waals surface area contributed by atoms with E-state index in [0.29, 0.717) is 12.8 Å². The summed E-state index contributed by atoms with van der Waals surface area (Å²) in [5.74, 6) is -4.81. The van der Waals surface area contributed by atoms with Crippen molar-refractivity contribution >= 4 is 28.6 Å². The minimum atomic E-state index is -3.38. The summed E-state index contributed by atoms with van der Waals surface area (Å²) in [6.45, 7) is 3.95. The van der Waals surface area contributed by atoms with Crippen molar-refractivity contribution in [3.05, 3.63) is 0 Å². The summed E-state index contributed by atoms with van der Waals surface area (Å²) in [4.78, 5) is 11.0. The van der Waals surface area contributed by atoms with Crippen molar-refractivity contribution in [2.24, 2.45) is 0 Å². The van der Waals surface area contributed by atoms with Gasteiger partial charge in [-0.1, -0.05) is 55.7 Å². The zero-order chi connectivity index (χ0) is 13.5. The van der Waals surface area contributed by atoms with Gasteiger partial charge in [-0.25, -0.2) is 4.79 Å². The van der Waals surface area contributed by atoms with Crippen LogP contribution in [0.5, 0.6) is 0 Å². The highest BCUT2D eigenvalue weighted by Crippen LogP contribution is 2.40. The second-order valence-corrected chi connectivity index (χ2v) is 6.62. The quantitative estimate of drug-likeness (QED) is 0.278. The van der Waals surface area contributed by atoms with Gasteiger partial charge in [0.05, 0.1) is 7.11 Å². The molecule has 0 saturated carbocycles.